The molecule has 0 aliphatic rings. The average Bonchev–Trinajstić information content (AvgIpc) is 2.88. The number of benzene rings is 1. The third-order valence-electron chi connectivity index (χ3n) is 3.63. The second-order valence-corrected chi connectivity index (χ2v) is 6.08. The summed E-state index contributed by atoms with van der Waals surface area (Å²) in [4.78, 5) is 3.67. The molecule has 2 rings (SSSR count). The fourth-order valence-corrected chi connectivity index (χ4v) is 3.20. The van der Waals surface area contributed by atoms with Crippen molar-refractivity contribution in [2.45, 2.75) is 26.4 Å². The third-order valence-corrected chi connectivity index (χ3v) is 4.60. The van der Waals surface area contributed by atoms with Gasteiger partial charge in [0.1, 0.15) is 0 Å². The summed E-state index contributed by atoms with van der Waals surface area (Å²) in [5.41, 5.74) is 9.99. The van der Waals surface area contributed by atoms with Crippen molar-refractivity contribution in [1.29, 1.82) is 0 Å². The number of rotatable bonds is 5. The highest BCUT2D eigenvalue weighted by Gasteiger charge is 2.16. The van der Waals surface area contributed by atoms with Gasteiger partial charge in [0.05, 0.1) is 6.04 Å². The van der Waals surface area contributed by atoms with E-state index >= 15 is 0 Å². The van der Waals surface area contributed by atoms with E-state index < -0.39 is 0 Å². The third kappa shape index (κ3) is 3.44. The summed E-state index contributed by atoms with van der Waals surface area (Å²) in [6.07, 6.45) is 0. The summed E-state index contributed by atoms with van der Waals surface area (Å²) in [6.45, 7) is 5.90. The average molecular weight is 274 g/mol. The predicted molar refractivity (Wildman–Crippen MR) is 83.5 cm³/mol. The van der Waals surface area contributed by atoms with Crippen LogP contribution in [0.1, 0.15) is 27.6 Å². The van der Waals surface area contributed by atoms with Gasteiger partial charge in [-0.05, 0) is 49.0 Å². The normalized spacial score (nSPS) is 12.9. The molecular formula is C16H22N2S. The van der Waals surface area contributed by atoms with Gasteiger partial charge in [-0.2, -0.15) is 0 Å². The number of hydrogen-bond acceptors (Lipinski definition) is 3. The summed E-state index contributed by atoms with van der Waals surface area (Å²) in [5, 5.41) is 2.11. The monoisotopic (exact) mass is 274 g/mol. The summed E-state index contributed by atoms with van der Waals surface area (Å²) >= 11 is 1.78. The Hall–Kier alpha value is -1.16. The first kappa shape index (κ1) is 14.3. The second kappa shape index (κ2) is 6.33. The minimum absolute atomic E-state index is 0.307. The van der Waals surface area contributed by atoms with E-state index in [1.807, 2.05) is 0 Å². The summed E-state index contributed by atoms with van der Waals surface area (Å²) < 4.78 is 0. The van der Waals surface area contributed by atoms with Gasteiger partial charge in [-0.25, -0.2) is 0 Å². The number of thiophene rings is 1. The number of nitrogens with zero attached hydrogens (tertiary/aromatic N) is 1. The van der Waals surface area contributed by atoms with E-state index in [2.05, 4.69) is 61.5 Å². The lowest BCUT2D eigenvalue weighted by atomic mass is 10.1. The molecule has 1 unspecified atom stereocenters. The fourth-order valence-electron chi connectivity index (χ4n) is 2.29. The number of hydrogen-bond donors (Lipinski definition) is 1. The van der Waals surface area contributed by atoms with E-state index in [4.69, 9.17) is 5.73 Å². The minimum Gasteiger partial charge on any atom is -0.329 e. The van der Waals surface area contributed by atoms with Crippen molar-refractivity contribution in [2.24, 2.45) is 5.73 Å². The first-order valence-corrected chi connectivity index (χ1v) is 7.49. The van der Waals surface area contributed by atoms with Gasteiger partial charge in [0.15, 0.2) is 0 Å². The first-order valence-electron chi connectivity index (χ1n) is 6.61. The van der Waals surface area contributed by atoms with E-state index in [-0.39, 0.29) is 0 Å². The first-order chi connectivity index (χ1) is 9.11. The molecule has 1 aromatic heterocycles. The summed E-state index contributed by atoms with van der Waals surface area (Å²) in [5.74, 6) is 0. The number of likely N-dealkylation sites (N-methyl/N-ethyl adjacent to an activating group) is 1. The van der Waals surface area contributed by atoms with Crippen molar-refractivity contribution in [3.8, 4) is 0 Å². The lowest BCUT2D eigenvalue weighted by Crippen LogP contribution is -2.29. The van der Waals surface area contributed by atoms with Gasteiger partial charge in [0.2, 0.25) is 0 Å². The molecule has 0 saturated heterocycles. The molecule has 0 radical (unpaired) electrons. The van der Waals surface area contributed by atoms with Crippen LogP contribution in [-0.4, -0.2) is 18.5 Å². The predicted octanol–water partition coefficient (Wildman–Crippen LogP) is 3.50. The minimum atomic E-state index is 0.307. The van der Waals surface area contributed by atoms with Crippen molar-refractivity contribution in [1.82, 2.24) is 4.90 Å². The smallest absolute Gasteiger partial charge is 0.0564 e. The van der Waals surface area contributed by atoms with Crippen LogP contribution in [0.2, 0.25) is 0 Å². The van der Waals surface area contributed by atoms with Gasteiger partial charge in [0, 0.05) is 18.0 Å². The van der Waals surface area contributed by atoms with Crippen LogP contribution in [0, 0.1) is 13.8 Å². The Morgan fingerprint density at radius 2 is 2.00 bits per heavy atom. The molecule has 102 valence electrons. The quantitative estimate of drug-likeness (QED) is 0.904. The summed E-state index contributed by atoms with van der Waals surface area (Å²) in [7, 11) is 2.15. The highest BCUT2D eigenvalue weighted by atomic mass is 32.1. The van der Waals surface area contributed by atoms with Crippen LogP contribution in [0.3, 0.4) is 0 Å². The van der Waals surface area contributed by atoms with E-state index in [1.165, 1.54) is 21.6 Å². The molecule has 3 heteroatoms. The number of nitrogens with two attached hydrogens (primary N) is 1. The SMILES string of the molecule is Cc1ccc(CN(C)C(CN)c2cccs2)cc1C. The molecule has 0 bridgehead atoms. The molecular weight excluding hydrogens is 252 g/mol. The zero-order valence-corrected chi connectivity index (χ0v) is 12.7. The zero-order valence-electron chi connectivity index (χ0n) is 11.9. The molecule has 2 nitrogen and oxygen atoms in total. The zero-order chi connectivity index (χ0) is 13.8. The molecule has 0 aliphatic heterocycles. The van der Waals surface area contributed by atoms with Gasteiger partial charge < -0.3 is 5.73 Å². The maximum absolute atomic E-state index is 5.94. The molecule has 1 heterocycles. The molecule has 0 spiro atoms. The standard InChI is InChI=1S/C16H22N2S/c1-12-6-7-14(9-13(12)2)11-18(3)15(10-17)16-5-4-8-19-16/h4-9,15H,10-11,17H2,1-3H3. The van der Waals surface area contributed by atoms with E-state index in [0.29, 0.717) is 12.6 Å². The number of aryl methyl sites for hydroxylation is 2. The molecule has 1 atom stereocenters. The Morgan fingerprint density at radius 3 is 2.58 bits per heavy atom. The Bertz CT molecular complexity index is 520. The Balaban J connectivity index is 2.11. The van der Waals surface area contributed by atoms with E-state index in [1.54, 1.807) is 11.3 Å². The molecule has 0 amide bonds. The van der Waals surface area contributed by atoms with E-state index in [9.17, 15) is 0 Å². The maximum atomic E-state index is 5.94. The van der Waals surface area contributed by atoms with Gasteiger partial charge in [-0.15, -0.1) is 11.3 Å². The van der Waals surface area contributed by atoms with Crippen LogP contribution in [0.5, 0.6) is 0 Å². The van der Waals surface area contributed by atoms with Gasteiger partial charge in [0.25, 0.3) is 0 Å². The molecule has 1 aromatic carbocycles. The van der Waals surface area contributed by atoms with Crippen LogP contribution in [-0.2, 0) is 6.54 Å². The fraction of sp³-hybridized carbons (Fsp3) is 0.375. The molecule has 2 N–H and O–H groups in total. The van der Waals surface area contributed by atoms with Crippen molar-refractivity contribution in [3.05, 3.63) is 57.3 Å². The molecule has 0 fully saturated rings. The van der Waals surface area contributed by atoms with Crippen LogP contribution < -0.4 is 5.73 Å². The van der Waals surface area contributed by atoms with Crippen LogP contribution in [0.4, 0.5) is 0 Å². The molecule has 0 saturated carbocycles. The largest absolute Gasteiger partial charge is 0.329 e. The van der Waals surface area contributed by atoms with Crippen LogP contribution in [0.15, 0.2) is 35.7 Å². The van der Waals surface area contributed by atoms with Crippen LogP contribution in [0.25, 0.3) is 0 Å². The van der Waals surface area contributed by atoms with Crippen molar-refractivity contribution in [3.63, 3.8) is 0 Å². The molecule has 2 aromatic rings. The topological polar surface area (TPSA) is 29.3 Å². The van der Waals surface area contributed by atoms with Crippen molar-refractivity contribution < 1.29 is 0 Å². The maximum Gasteiger partial charge on any atom is 0.0564 e. The lowest BCUT2D eigenvalue weighted by molar-refractivity contribution is 0.245. The van der Waals surface area contributed by atoms with Crippen LogP contribution >= 0.6 is 11.3 Å². The summed E-state index contributed by atoms with van der Waals surface area (Å²) in [6, 6.07) is 11.2. The van der Waals surface area contributed by atoms with Crippen molar-refractivity contribution >= 4 is 11.3 Å². The second-order valence-electron chi connectivity index (χ2n) is 5.10. The van der Waals surface area contributed by atoms with Gasteiger partial charge in [-0.1, -0.05) is 24.3 Å². The highest BCUT2D eigenvalue weighted by molar-refractivity contribution is 7.10. The van der Waals surface area contributed by atoms with Gasteiger partial charge >= 0.3 is 0 Å². The van der Waals surface area contributed by atoms with Crippen molar-refractivity contribution in [2.75, 3.05) is 13.6 Å². The molecule has 19 heavy (non-hydrogen) atoms. The van der Waals surface area contributed by atoms with E-state index in [0.717, 1.165) is 6.54 Å². The highest BCUT2D eigenvalue weighted by Crippen LogP contribution is 2.24. The Labute approximate surface area is 119 Å². The lowest BCUT2D eigenvalue weighted by Gasteiger charge is -2.26. The van der Waals surface area contributed by atoms with Gasteiger partial charge in [-0.3, -0.25) is 4.90 Å². The Kier molecular flexibility index (Phi) is 4.75. The Morgan fingerprint density at radius 1 is 1.21 bits per heavy atom. The molecule has 0 aliphatic carbocycles.